The molecule has 178 valence electrons. The minimum absolute atomic E-state index is 0.275. The summed E-state index contributed by atoms with van der Waals surface area (Å²) in [4.78, 5) is 0. The van der Waals surface area contributed by atoms with Crippen molar-refractivity contribution in [3.05, 3.63) is 71.8 Å². The zero-order valence-corrected chi connectivity index (χ0v) is 26.9. The molecule has 2 rings (SSSR count). The Morgan fingerprint density at radius 1 is 0.625 bits per heavy atom. The average molecular weight is 547 g/mol. The third-order valence-corrected chi connectivity index (χ3v) is 15.0. The van der Waals surface area contributed by atoms with E-state index in [4.69, 9.17) is 18.9 Å². The summed E-state index contributed by atoms with van der Waals surface area (Å²) in [6.07, 6.45) is 1.64. The van der Waals surface area contributed by atoms with Gasteiger partial charge in [-0.3, -0.25) is 0 Å². The van der Waals surface area contributed by atoms with Gasteiger partial charge in [0.05, 0.1) is 20.5 Å². The zero-order valence-electron chi connectivity index (χ0n) is 19.6. The first kappa shape index (κ1) is 28.4. The lowest BCUT2D eigenvalue weighted by molar-refractivity contribution is -0.146. The zero-order chi connectivity index (χ0) is 23.5. The van der Waals surface area contributed by atoms with Gasteiger partial charge in [0.2, 0.25) is 0 Å². The summed E-state index contributed by atoms with van der Waals surface area (Å²) >= 11 is 0. The molecule has 0 spiro atoms. The number of hydrogen-bond acceptors (Lipinski definition) is 8. The van der Waals surface area contributed by atoms with Crippen LogP contribution in [0, 0.1) is 0 Å². The molecule has 0 heterocycles. The van der Waals surface area contributed by atoms with Gasteiger partial charge in [-0.1, -0.05) is 82.3 Å². The van der Waals surface area contributed by atoms with Gasteiger partial charge in [0.15, 0.2) is 0 Å². The highest BCUT2D eigenvalue weighted by Crippen LogP contribution is 2.56. The molecule has 32 heavy (non-hydrogen) atoms. The van der Waals surface area contributed by atoms with Crippen molar-refractivity contribution in [3.8, 4) is 0 Å². The lowest BCUT2D eigenvalue weighted by atomic mass is 10.1. The molecule has 0 amide bonds. The summed E-state index contributed by atoms with van der Waals surface area (Å²) < 4.78 is 22.8. The van der Waals surface area contributed by atoms with Gasteiger partial charge in [-0.05, 0) is 30.8 Å². The van der Waals surface area contributed by atoms with Crippen molar-refractivity contribution in [1.29, 1.82) is 0 Å². The van der Waals surface area contributed by atoms with Crippen molar-refractivity contribution < 1.29 is 18.9 Å². The van der Waals surface area contributed by atoms with Crippen molar-refractivity contribution in [1.82, 2.24) is 0 Å². The molecule has 2 unspecified atom stereocenters. The normalized spacial score (nSPS) is 14.5. The number of benzene rings is 2. The molecule has 0 aliphatic heterocycles. The maximum absolute atomic E-state index is 5.70. The quantitative estimate of drug-likeness (QED) is 0.139. The highest BCUT2D eigenvalue weighted by atomic mass is 33.7. The molecule has 0 radical (unpaired) electrons. The second-order valence-corrected chi connectivity index (χ2v) is 16.9. The first-order valence-electron chi connectivity index (χ1n) is 10.3. The van der Waals surface area contributed by atoms with Crippen LogP contribution in [0.25, 0.3) is 0 Å². The number of methoxy groups -OCH3 is 4. The van der Waals surface area contributed by atoms with Crippen LogP contribution >= 0.6 is 41.2 Å². The maximum Gasteiger partial charge on any atom is 0.142 e. The van der Waals surface area contributed by atoms with E-state index in [2.05, 4.69) is 60.7 Å². The summed E-state index contributed by atoms with van der Waals surface area (Å²) in [6.45, 7) is 0. The van der Waals surface area contributed by atoms with Crippen LogP contribution in [0.4, 0.5) is 0 Å². The molecule has 0 bridgehead atoms. The summed E-state index contributed by atoms with van der Waals surface area (Å²) in [6, 6.07) is 21.2. The molecular weight excluding hydrogens is 513 g/mol. The molecule has 10 heteroatoms. The van der Waals surface area contributed by atoms with E-state index >= 15 is 0 Å². The molecule has 2 aromatic carbocycles. The molecular formula is C22H34O4S4Si2. The maximum atomic E-state index is 5.70. The van der Waals surface area contributed by atoms with Crippen molar-refractivity contribution in [2.24, 2.45) is 0 Å². The van der Waals surface area contributed by atoms with E-state index in [1.807, 2.05) is 41.2 Å². The lowest BCUT2D eigenvalue weighted by Crippen LogP contribution is -2.35. The predicted molar refractivity (Wildman–Crippen MR) is 151 cm³/mol. The molecule has 2 atom stereocenters. The Labute approximate surface area is 214 Å². The van der Waals surface area contributed by atoms with E-state index in [1.54, 1.807) is 28.4 Å². The van der Waals surface area contributed by atoms with Crippen molar-refractivity contribution in [3.63, 3.8) is 0 Å². The van der Waals surface area contributed by atoms with Gasteiger partial charge >= 0.3 is 0 Å². The van der Waals surface area contributed by atoms with Crippen LogP contribution in [-0.4, -0.2) is 59.7 Å². The average Bonchev–Trinajstić information content (AvgIpc) is 2.85. The monoisotopic (exact) mass is 546 g/mol. The van der Waals surface area contributed by atoms with Crippen LogP contribution in [0.1, 0.15) is 34.5 Å². The molecule has 2 aromatic rings. The minimum atomic E-state index is -0.484. The molecule has 0 aliphatic rings. The van der Waals surface area contributed by atoms with Crippen molar-refractivity contribution in [2.75, 3.05) is 28.4 Å². The molecule has 0 saturated heterocycles. The number of rotatable bonds is 15. The molecule has 0 N–H and O–H groups in total. The van der Waals surface area contributed by atoms with Crippen LogP contribution in [0.5, 0.6) is 0 Å². The fourth-order valence-electron chi connectivity index (χ4n) is 3.05. The van der Waals surface area contributed by atoms with Gasteiger partial charge in [-0.25, -0.2) is 0 Å². The third-order valence-electron chi connectivity index (χ3n) is 5.52. The predicted octanol–water partition coefficient (Wildman–Crippen LogP) is 4.55. The largest absolute Gasteiger partial charge is 0.358 e. The van der Waals surface area contributed by atoms with E-state index in [0.717, 1.165) is 33.3 Å². The first-order chi connectivity index (χ1) is 15.4. The Kier molecular flexibility index (Phi) is 12.8. The number of hydrogen-bond donors (Lipinski definition) is 0. The SMILES string of the molecule is COC([SiH3])(CC(SSSSC(CC([SiH3])(OC)OC)c1ccccc1)c1ccccc1)OC. The van der Waals surface area contributed by atoms with Gasteiger partial charge in [0.1, 0.15) is 10.8 Å². The van der Waals surface area contributed by atoms with E-state index in [1.165, 1.54) is 11.1 Å². The fourth-order valence-corrected chi connectivity index (χ4v) is 11.8. The van der Waals surface area contributed by atoms with Crippen LogP contribution in [0.15, 0.2) is 60.7 Å². The van der Waals surface area contributed by atoms with Gasteiger partial charge in [-0.15, -0.1) is 0 Å². The second-order valence-electron chi connectivity index (χ2n) is 7.62. The highest BCUT2D eigenvalue weighted by molar-refractivity contribution is 9.26. The Balaban J connectivity index is 2.04. The Hall–Kier alpha value is 0.114. The van der Waals surface area contributed by atoms with Crippen LogP contribution in [0.3, 0.4) is 0 Å². The lowest BCUT2D eigenvalue weighted by Gasteiger charge is -2.31. The minimum Gasteiger partial charge on any atom is -0.358 e. The second kappa shape index (κ2) is 14.5. The van der Waals surface area contributed by atoms with Gasteiger partial charge in [-0.2, -0.15) is 0 Å². The Bertz CT molecular complexity index is 700. The van der Waals surface area contributed by atoms with Crippen LogP contribution in [-0.2, 0) is 18.9 Å². The molecule has 0 fully saturated rings. The summed E-state index contributed by atoms with van der Waals surface area (Å²) in [5.74, 6) is 0. The molecule has 4 nitrogen and oxygen atoms in total. The van der Waals surface area contributed by atoms with Gasteiger partial charge in [0.25, 0.3) is 0 Å². The first-order valence-corrected chi connectivity index (χ1v) is 17.3. The molecule has 0 aromatic heterocycles. The van der Waals surface area contributed by atoms with Crippen LogP contribution < -0.4 is 0 Å². The van der Waals surface area contributed by atoms with Crippen molar-refractivity contribution in [2.45, 2.75) is 34.2 Å². The Morgan fingerprint density at radius 3 is 1.22 bits per heavy atom. The van der Waals surface area contributed by atoms with Gasteiger partial charge < -0.3 is 18.9 Å². The third kappa shape index (κ3) is 9.05. The van der Waals surface area contributed by atoms with E-state index in [-0.39, 0.29) is 10.5 Å². The van der Waals surface area contributed by atoms with Crippen molar-refractivity contribution >= 4 is 61.7 Å². The van der Waals surface area contributed by atoms with E-state index in [0.29, 0.717) is 0 Å². The summed E-state index contributed by atoms with van der Waals surface area (Å²) in [5.41, 5.74) is 1.62. The highest BCUT2D eigenvalue weighted by Gasteiger charge is 2.31. The van der Waals surface area contributed by atoms with E-state index in [9.17, 15) is 0 Å². The molecule has 0 saturated carbocycles. The fraction of sp³-hybridized carbons (Fsp3) is 0.455. The van der Waals surface area contributed by atoms with Crippen LogP contribution in [0.2, 0.25) is 0 Å². The summed E-state index contributed by atoms with van der Waals surface area (Å²) in [7, 11) is 15.9. The van der Waals surface area contributed by atoms with Gasteiger partial charge in [0, 0.05) is 51.8 Å². The Morgan fingerprint density at radius 2 is 0.938 bits per heavy atom. The molecule has 0 aliphatic carbocycles. The summed E-state index contributed by atoms with van der Waals surface area (Å²) in [5, 5.41) is 0.551. The number of ether oxygens (including phenoxy) is 4. The smallest absolute Gasteiger partial charge is 0.142 e. The topological polar surface area (TPSA) is 36.9 Å². The van der Waals surface area contributed by atoms with E-state index < -0.39 is 10.8 Å². The standard InChI is InChI=1S/C22H34O4S4Si2/c1-23-21(31,24-2)15-19(17-11-7-5-8-12-17)27-29-30-28-20(16-22(32,25-3)26-4)18-13-9-6-10-14-18/h5-14,19-20H,15-16H2,1-4,31-32H3.